The van der Waals surface area contributed by atoms with Crippen LogP contribution < -0.4 is 14.8 Å². The summed E-state index contributed by atoms with van der Waals surface area (Å²) >= 11 is 0. The molecule has 1 saturated carbocycles. The van der Waals surface area contributed by atoms with Gasteiger partial charge in [0.15, 0.2) is 5.75 Å². The number of ether oxygens (including phenoxy) is 2. The topological polar surface area (TPSA) is 91.3 Å². The van der Waals surface area contributed by atoms with Gasteiger partial charge in [0.1, 0.15) is 17.6 Å². The highest BCUT2D eigenvalue weighted by Crippen LogP contribution is 2.37. The van der Waals surface area contributed by atoms with E-state index < -0.39 is 0 Å². The average Bonchev–Trinajstić information content (AvgIpc) is 3.82. The molecule has 3 aromatic rings. The quantitative estimate of drug-likeness (QED) is 0.357. The Labute approximate surface area is 241 Å². The van der Waals surface area contributed by atoms with Gasteiger partial charge >= 0.3 is 0 Å². The number of nitrogens with zero attached hydrogens (tertiary/aromatic N) is 2. The van der Waals surface area contributed by atoms with Gasteiger partial charge in [0.25, 0.3) is 5.91 Å². The number of aliphatic hydroxyl groups excluding tert-OH is 1. The maximum Gasteiger partial charge on any atom is 0.258 e. The summed E-state index contributed by atoms with van der Waals surface area (Å²) in [5.74, 6) is 1.71. The number of amides is 2. The fraction of sp³-hybridized carbons (Fsp3) is 0.394. The lowest BCUT2D eigenvalue weighted by molar-refractivity contribution is -0.117. The minimum absolute atomic E-state index is 0.0198. The van der Waals surface area contributed by atoms with Gasteiger partial charge in [-0.1, -0.05) is 43.3 Å². The maximum absolute atomic E-state index is 13.6. The van der Waals surface area contributed by atoms with Crippen molar-refractivity contribution < 1.29 is 24.2 Å². The van der Waals surface area contributed by atoms with Crippen LogP contribution in [0.1, 0.15) is 42.6 Å². The van der Waals surface area contributed by atoms with Crippen molar-refractivity contribution in [2.24, 2.45) is 11.8 Å². The molecule has 1 fully saturated rings. The average molecular weight is 558 g/mol. The van der Waals surface area contributed by atoms with Crippen LogP contribution in [-0.2, 0) is 11.3 Å². The number of carbonyl (C=O) groups is 2. The Morgan fingerprint density at radius 1 is 1.07 bits per heavy atom. The molecule has 0 aromatic heterocycles. The highest BCUT2D eigenvalue weighted by molar-refractivity contribution is 6.02. The molecule has 0 saturated heterocycles. The van der Waals surface area contributed by atoms with Crippen molar-refractivity contribution in [3.05, 3.63) is 83.9 Å². The van der Waals surface area contributed by atoms with Gasteiger partial charge in [-0.2, -0.15) is 0 Å². The van der Waals surface area contributed by atoms with Gasteiger partial charge < -0.3 is 24.8 Å². The second-order valence-corrected chi connectivity index (χ2v) is 11.3. The number of nitrogens with one attached hydrogen (secondary N) is 1. The highest BCUT2D eigenvalue weighted by Gasteiger charge is 2.36. The zero-order valence-corrected chi connectivity index (χ0v) is 24.0. The molecule has 41 heavy (non-hydrogen) atoms. The van der Waals surface area contributed by atoms with Crippen LogP contribution in [0, 0.1) is 11.8 Å². The van der Waals surface area contributed by atoms with Crippen LogP contribution in [0.2, 0.25) is 0 Å². The second-order valence-electron chi connectivity index (χ2n) is 11.3. The lowest BCUT2D eigenvalue weighted by atomic mass is 9.98. The van der Waals surface area contributed by atoms with E-state index in [9.17, 15) is 14.7 Å². The summed E-state index contributed by atoms with van der Waals surface area (Å²) in [4.78, 5) is 30.2. The summed E-state index contributed by atoms with van der Waals surface area (Å²) in [5.41, 5.74) is 2.04. The predicted octanol–water partition coefficient (Wildman–Crippen LogP) is 5.18. The van der Waals surface area contributed by atoms with Crippen molar-refractivity contribution in [3.8, 4) is 17.2 Å². The van der Waals surface area contributed by atoms with Crippen LogP contribution in [0.5, 0.6) is 17.2 Å². The molecule has 0 radical (unpaired) electrons. The predicted molar refractivity (Wildman–Crippen MR) is 158 cm³/mol. The number of rotatable bonds is 10. The van der Waals surface area contributed by atoms with E-state index in [1.807, 2.05) is 56.4 Å². The van der Waals surface area contributed by atoms with Crippen LogP contribution in [0.3, 0.4) is 0 Å². The number of anilines is 1. The number of benzene rings is 3. The summed E-state index contributed by atoms with van der Waals surface area (Å²) in [5, 5.41) is 12.9. The number of para-hydroxylation sites is 2. The van der Waals surface area contributed by atoms with Gasteiger partial charge in [0.2, 0.25) is 5.91 Å². The summed E-state index contributed by atoms with van der Waals surface area (Å²) in [6.45, 7) is 5.51. The van der Waals surface area contributed by atoms with E-state index in [1.165, 1.54) is 0 Å². The highest BCUT2D eigenvalue weighted by atomic mass is 16.5. The van der Waals surface area contributed by atoms with Crippen molar-refractivity contribution in [2.75, 3.05) is 32.1 Å². The fourth-order valence-corrected chi connectivity index (χ4v) is 5.11. The molecule has 0 spiro atoms. The van der Waals surface area contributed by atoms with Crippen molar-refractivity contribution in [2.45, 2.75) is 45.4 Å². The minimum atomic E-state index is -0.351. The summed E-state index contributed by atoms with van der Waals surface area (Å²) < 4.78 is 12.5. The van der Waals surface area contributed by atoms with Gasteiger partial charge in [-0.15, -0.1) is 0 Å². The number of hydrogen-bond donors (Lipinski definition) is 2. The summed E-state index contributed by atoms with van der Waals surface area (Å²) in [7, 11) is 2.05. The smallest absolute Gasteiger partial charge is 0.258 e. The molecule has 2 N–H and O–H groups in total. The van der Waals surface area contributed by atoms with Gasteiger partial charge in [-0.05, 0) is 68.8 Å². The monoisotopic (exact) mass is 557 g/mol. The molecule has 0 bridgehead atoms. The first-order valence-corrected chi connectivity index (χ1v) is 14.3. The molecule has 1 aliphatic carbocycles. The molecule has 2 aliphatic rings. The largest absolute Gasteiger partial charge is 0.486 e. The first-order valence-electron chi connectivity index (χ1n) is 14.3. The molecule has 2 amide bonds. The molecule has 8 nitrogen and oxygen atoms in total. The zero-order chi connectivity index (χ0) is 28.9. The van der Waals surface area contributed by atoms with E-state index in [2.05, 4.69) is 29.3 Å². The van der Waals surface area contributed by atoms with Gasteiger partial charge in [-0.3, -0.25) is 14.5 Å². The lowest BCUT2D eigenvalue weighted by Gasteiger charge is -2.38. The molecule has 1 aliphatic heterocycles. The molecule has 3 aromatic carbocycles. The van der Waals surface area contributed by atoms with Crippen molar-refractivity contribution in [3.63, 3.8) is 0 Å². The van der Waals surface area contributed by atoms with Crippen LogP contribution in [-0.4, -0.2) is 65.6 Å². The Hall–Kier alpha value is -3.88. The standard InChI is InChI=1S/C33H39N3O5/c1-22-18-36(23(2)21-37)33(39)28-10-7-11-29(34-32(38)25-14-15-25)31(28)41-30(22)20-35(3)19-24-12-16-27(17-13-24)40-26-8-5-4-6-9-26/h4-13,16-17,22-23,25,30,37H,14-15,18-21H2,1-3H3,(H,34,38)/t22-,23+,30-/m0/s1. The Bertz CT molecular complexity index is 1340. The van der Waals surface area contributed by atoms with Crippen LogP contribution >= 0.6 is 0 Å². The van der Waals surface area contributed by atoms with E-state index in [1.54, 1.807) is 23.1 Å². The molecule has 1 heterocycles. The van der Waals surface area contributed by atoms with Gasteiger partial charge in [0.05, 0.1) is 23.9 Å². The Kier molecular flexibility index (Phi) is 8.90. The lowest BCUT2D eigenvalue weighted by Crippen LogP contribution is -2.49. The van der Waals surface area contributed by atoms with Crippen molar-refractivity contribution >= 4 is 17.5 Å². The minimum Gasteiger partial charge on any atom is -0.486 e. The molecule has 8 heteroatoms. The molecular weight excluding hydrogens is 518 g/mol. The molecule has 0 unspecified atom stereocenters. The van der Waals surface area contributed by atoms with Crippen molar-refractivity contribution in [1.29, 1.82) is 0 Å². The van der Waals surface area contributed by atoms with Crippen molar-refractivity contribution in [1.82, 2.24) is 9.80 Å². The third-order valence-electron chi connectivity index (χ3n) is 7.74. The van der Waals surface area contributed by atoms with E-state index in [0.717, 1.165) is 29.9 Å². The Morgan fingerprint density at radius 3 is 2.46 bits per heavy atom. The molecule has 216 valence electrons. The molecule has 5 rings (SSSR count). The third-order valence-corrected chi connectivity index (χ3v) is 7.74. The van der Waals surface area contributed by atoms with Crippen LogP contribution in [0.15, 0.2) is 72.8 Å². The van der Waals surface area contributed by atoms with E-state index >= 15 is 0 Å². The number of likely N-dealkylation sites (N-methyl/N-ethyl adjacent to an activating group) is 1. The maximum atomic E-state index is 13.6. The fourth-order valence-electron chi connectivity index (χ4n) is 5.11. The Morgan fingerprint density at radius 2 is 1.78 bits per heavy atom. The zero-order valence-electron chi connectivity index (χ0n) is 24.0. The van der Waals surface area contributed by atoms with E-state index in [0.29, 0.717) is 36.6 Å². The van der Waals surface area contributed by atoms with Crippen LogP contribution in [0.4, 0.5) is 5.69 Å². The van der Waals surface area contributed by atoms with E-state index in [4.69, 9.17) is 9.47 Å². The summed E-state index contributed by atoms with van der Waals surface area (Å²) in [6.07, 6.45) is 1.50. The first kappa shape index (κ1) is 28.6. The normalized spacial score (nSPS) is 19.5. The second kappa shape index (κ2) is 12.7. The Balaban J connectivity index is 1.34. The number of carbonyl (C=O) groups excluding carboxylic acids is 2. The molecular formula is C33H39N3O5. The summed E-state index contributed by atoms with van der Waals surface area (Å²) in [6, 6.07) is 22.7. The third kappa shape index (κ3) is 7.07. The SMILES string of the molecule is C[C@H](CO)N1C[C@H](C)[C@H](CN(C)Cc2ccc(Oc3ccccc3)cc2)Oc2c(NC(=O)C3CC3)cccc2C1=O. The first-order chi connectivity index (χ1) is 19.8. The van der Waals surface area contributed by atoms with Gasteiger partial charge in [-0.25, -0.2) is 0 Å². The number of fused-ring (bicyclic) bond motifs is 1. The van der Waals surface area contributed by atoms with E-state index in [-0.39, 0.29) is 42.4 Å². The molecule has 3 atom stereocenters. The number of hydrogen-bond acceptors (Lipinski definition) is 6. The number of aliphatic hydroxyl groups is 1. The van der Waals surface area contributed by atoms with Gasteiger partial charge in [0, 0.05) is 31.5 Å². The van der Waals surface area contributed by atoms with Crippen LogP contribution in [0.25, 0.3) is 0 Å².